The van der Waals surface area contributed by atoms with E-state index in [0.29, 0.717) is 5.92 Å². The van der Waals surface area contributed by atoms with Gasteiger partial charge in [-0.1, -0.05) is 19.3 Å². The van der Waals surface area contributed by atoms with Gasteiger partial charge in [0.2, 0.25) is 11.5 Å². The molecule has 1 unspecified atom stereocenters. The van der Waals surface area contributed by atoms with Crippen molar-refractivity contribution in [3.8, 4) is 0 Å². The molecule has 0 spiro atoms. The first-order valence-corrected chi connectivity index (χ1v) is 9.26. The number of hydrogen-bond donors (Lipinski definition) is 0. The molecule has 0 aromatic carbocycles. The number of rotatable bonds is 3. The van der Waals surface area contributed by atoms with Crippen molar-refractivity contribution in [2.75, 3.05) is 11.4 Å². The molecule has 4 heterocycles. The summed E-state index contributed by atoms with van der Waals surface area (Å²) < 4.78 is 7.83. The second-order valence-corrected chi connectivity index (χ2v) is 7.11. The summed E-state index contributed by atoms with van der Waals surface area (Å²) in [7, 11) is 0. The molecule has 1 saturated carbocycles. The van der Waals surface area contributed by atoms with Crippen LogP contribution < -0.4 is 4.90 Å². The maximum atomic E-state index is 5.92. The Kier molecular flexibility index (Phi) is 3.64. The minimum atomic E-state index is 0.132. The molecule has 2 fully saturated rings. The van der Waals surface area contributed by atoms with E-state index in [1.807, 2.05) is 16.9 Å². The molecule has 0 amide bonds. The van der Waals surface area contributed by atoms with Crippen molar-refractivity contribution >= 4 is 11.5 Å². The first-order valence-electron chi connectivity index (χ1n) is 9.26. The minimum Gasteiger partial charge on any atom is -0.446 e. The second kappa shape index (κ2) is 6.13. The molecule has 130 valence electrons. The van der Waals surface area contributed by atoms with Gasteiger partial charge in [-0.3, -0.25) is 4.40 Å². The highest BCUT2D eigenvalue weighted by atomic mass is 16.3. The molecule has 3 aromatic heterocycles. The van der Waals surface area contributed by atoms with Crippen LogP contribution in [0.2, 0.25) is 0 Å². The van der Waals surface area contributed by atoms with Gasteiger partial charge < -0.3 is 9.32 Å². The van der Waals surface area contributed by atoms with Crippen LogP contribution in [0, 0.1) is 0 Å². The van der Waals surface area contributed by atoms with Gasteiger partial charge in [0.05, 0.1) is 5.69 Å². The first kappa shape index (κ1) is 14.9. The molecule has 1 saturated heterocycles. The monoisotopic (exact) mass is 338 g/mol. The molecule has 7 heteroatoms. The topological polar surface area (TPSA) is 72.3 Å². The van der Waals surface area contributed by atoms with Gasteiger partial charge >= 0.3 is 0 Å². The number of fused-ring (bicyclic) bond motifs is 1. The first-order chi connectivity index (χ1) is 12.4. The van der Waals surface area contributed by atoms with Gasteiger partial charge in [0.15, 0.2) is 5.82 Å². The molecule has 0 bridgehead atoms. The number of hydrogen-bond acceptors (Lipinski definition) is 6. The molecule has 1 aliphatic carbocycles. The van der Waals surface area contributed by atoms with Crippen molar-refractivity contribution < 1.29 is 4.42 Å². The van der Waals surface area contributed by atoms with Gasteiger partial charge in [0.1, 0.15) is 18.6 Å². The minimum absolute atomic E-state index is 0.132. The Bertz CT molecular complexity index is 865. The summed E-state index contributed by atoms with van der Waals surface area (Å²) in [6.45, 7) is 0.936. The van der Waals surface area contributed by atoms with Crippen LogP contribution >= 0.6 is 0 Å². The summed E-state index contributed by atoms with van der Waals surface area (Å²) in [5.41, 5.74) is 1.92. The average molecular weight is 338 g/mol. The highest BCUT2D eigenvalue weighted by Gasteiger charge is 2.33. The third kappa shape index (κ3) is 2.58. The molecule has 25 heavy (non-hydrogen) atoms. The lowest BCUT2D eigenvalue weighted by Crippen LogP contribution is -2.24. The van der Waals surface area contributed by atoms with Crippen LogP contribution in [-0.2, 0) is 0 Å². The van der Waals surface area contributed by atoms with Crippen molar-refractivity contribution in [2.45, 2.75) is 56.9 Å². The molecule has 1 aliphatic heterocycles. The lowest BCUT2D eigenvalue weighted by molar-refractivity contribution is 0.433. The van der Waals surface area contributed by atoms with Crippen LogP contribution in [0.3, 0.4) is 0 Å². The average Bonchev–Trinajstić information content (AvgIpc) is 3.40. The maximum Gasteiger partial charge on any atom is 0.217 e. The Morgan fingerprint density at radius 1 is 1.08 bits per heavy atom. The molecule has 7 nitrogen and oxygen atoms in total. The zero-order valence-corrected chi connectivity index (χ0v) is 14.2. The highest BCUT2D eigenvalue weighted by Crippen LogP contribution is 2.38. The quantitative estimate of drug-likeness (QED) is 0.728. The van der Waals surface area contributed by atoms with Crippen LogP contribution in [0.25, 0.3) is 5.65 Å². The van der Waals surface area contributed by atoms with Crippen LogP contribution in [0.5, 0.6) is 0 Å². The van der Waals surface area contributed by atoms with Gasteiger partial charge in [-0.25, -0.2) is 9.97 Å². The number of anilines is 1. The Morgan fingerprint density at radius 2 is 2.00 bits per heavy atom. The summed E-state index contributed by atoms with van der Waals surface area (Å²) >= 11 is 0. The molecular weight excluding hydrogens is 316 g/mol. The number of nitrogens with zero attached hydrogens (tertiary/aromatic N) is 6. The van der Waals surface area contributed by atoms with E-state index in [1.165, 1.54) is 32.1 Å². The van der Waals surface area contributed by atoms with Crippen molar-refractivity contribution in [3.05, 3.63) is 36.6 Å². The molecule has 3 aromatic rings. The summed E-state index contributed by atoms with van der Waals surface area (Å²) in [6, 6.07) is 0.132. The predicted octanol–water partition coefficient (Wildman–Crippen LogP) is 3.50. The van der Waals surface area contributed by atoms with E-state index < -0.39 is 0 Å². The Morgan fingerprint density at radius 3 is 2.92 bits per heavy atom. The lowest BCUT2D eigenvalue weighted by atomic mass is 9.87. The standard InChI is InChI=1S/C18H22N6O/c1-2-5-13(6-3-1)14-11-25-18(21-14)15-7-4-9-24(15)16-17-22-20-12-23(17)10-8-19-16/h8,10-13,15H,1-7,9H2. The smallest absolute Gasteiger partial charge is 0.217 e. The third-order valence-electron chi connectivity index (χ3n) is 5.57. The van der Waals surface area contributed by atoms with Gasteiger partial charge in [0, 0.05) is 24.9 Å². The maximum absolute atomic E-state index is 5.92. The van der Waals surface area contributed by atoms with Gasteiger partial charge in [-0.2, -0.15) is 0 Å². The van der Waals surface area contributed by atoms with Crippen molar-refractivity contribution in [2.24, 2.45) is 0 Å². The van der Waals surface area contributed by atoms with E-state index >= 15 is 0 Å². The van der Waals surface area contributed by atoms with E-state index in [0.717, 1.165) is 42.4 Å². The van der Waals surface area contributed by atoms with E-state index in [1.54, 1.807) is 12.5 Å². The predicted molar refractivity (Wildman–Crippen MR) is 92.4 cm³/mol. The van der Waals surface area contributed by atoms with Crippen molar-refractivity contribution in [1.29, 1.82) is 0 Å². The fraction of sp³-hybridized carbons (Fsp3) is 0.556. The SMILES string of the molecule is c1cn2cnnc2c(N2CCCC2c2nc(C3CCCCC3)co2)n1. The fourth-order valence-electron chi connectivity index (χ4n) is 4.26. The Labute approximate surface area is 146 Å². The van der Waals surface area contributed by atoms with Crippen molar-refractivity contribution in [3.63, 3.8) is 0 Å². The van der Waals surface area contributed by atoms with E-state index in [2.05, 4.69) is 20.1 Å². The molecule has 0 N–H and O–H groups in total. The van der Waals surface area contributed by atoms with Gasteiger partial charge in [-0.15, -0.1) is 10.2 Å². The summed E-state index contributed by atoms with van der Waals surface area (Å²) in [5, 5.41) is 8.23. The third-order valence-corrected chi connectivity index (χ3v) is 5.57. The molecule has 5 rings (SSSR count). The Hall–Kier alpha value is -2.44. The normalized spacial score (nSPS) is 22.1. The zero-order valence-electron chi connectivity index (χ0n) is 14.2. The van der Waals surface area contributed by atoms with E-state index in [-0.39, 0.29) is 6.04 Å². The van der Waals surface area contributed by atoms with Crippen molar-refractivity contribution in [1.82, 2.24) is 24.6 Å². The summed E-state index contributed by atoms with van der Waals surface area (Å²) in [6.07, 6.45) is 15.8. The summed E-state index contributed by atoms with van der Waals surface area (Å²) in [5.74, 6) is 2.25. The highest BCUT2D eigenvalue weighted by molar-refractivity contribution is 5.64. The second-order valence-electron chi connectivity index (χ2n) is 7.11. The van der Waals surface area contributed by atoms with E-state index in [9.17, 15) is 0 Å². The van der Waals surface area contributed by atoms with Crippen LogP contribution in [0.4, 0.5) is 5.82 Å². The molecule has 0 radical (unpaired) electrons. The largest absolute Gasteiger partial charge is 0.446 e. The fourth-order valence-corrected chi connectivity index (χ4v) is 4.26. The Balaban J connectivity index is 1.45. The van der Waals surface area contributed by atoms with Gasteiger partial charge in [-0.05, 0) is 25.7 Å². The van der Waals surface area contributed by atoms with Gasteiger partial charge in [0.25, 0.3) is 0 Å². The summed E-state index contributed by atoms with van der Waals surface area (Å²) in [4.78, 5) is 11.7. The molecular formula is C18H22N6O. The van der Waals surface area contributed by atoms with E-state index in [4.69, 9.17) is 9.40 Å². The molecule has 1 atom stereocenters. The zero-order chi connectivity index (χ0) is 16.6. The lowest BCUT2D eigenvalue weighted by Gasteiger charge is -2.23. The van der Waals surface area contributed by atoms with Crippen LogP contribution in [0.1, 0.15) is 68.5 Å². The van der Waals surface area contributed by atoms with Crippen LogP contribution in [0.15, 0.2) is 29.4 Å². The molecule has 2 aliphatic rings. The van der Waals surface area contributed by atoms with Crippen LogP contribution in [-0.4, -0.2) is 31.1 Å². The number of aromatic nitrogens is 5. The number of oxazole rings is 1.